The van der Waals surface area contributed by atoms with Crippen LogP contribution < -0.4 is 14.8 Å². The number of carbonyl (C=O) groups excluding carboxylic acids is 1. The molecule has 0 aliphatic carbocycles. The van der Waals surface area contributed by atoms with Gasteiger partial charge in [-0.1, -0.05) is 31.5 Å². The molecule has 8 nitrogen and oxygen atoms in total. The maximum Gasteiger partial charge on any atom is 0.338 e. The molecule has 0 bridgehead atoms. The lowest BCUT2D eigenvalue weighted by Crippen LogP contribution is -2.47. The van der Waals surface area contributed by atoms with E-state index in [2.05, 4.69) is 17.0 Å². The molecule has 0 amide bonds. The van der Waals surface area contributed by atoms with E-state index in [-0.39, 0.29) is 19.6 Å². The number of aliphatic hydroxyl groups is 2. The van der Waals surface area contributed by atoms with Gasteiger partial charge in [-0.3, -0.25) is 0 Å². The molecule has 1 aliphatic heterocycles. The second-order valence-electron chi connectivity index (χ2n) is 7.70. The van der Waals surface area contributed by atoms with Gasteiger partial charge in [0.2, 0.25) is 0 Å². The van der Waals surface area contributed by atoms with Crippen molar-refractivity contribution < 1.29 is 29.2 Å². The lowest BCUT2D eigenvalue weighted by atomic mass is 10.1. The highest BCUT2D eigenvalue weighted by molar-refractivity contribution is 7.97. The summed E-state index contributed by atoms with van der Waals surface area (Å²) < 4.78 is 20.1. The molecule has 0 aromatic heterocycles. The van der Waals surface area contributed by atoms with Gasteiger partial charge in [0.1, 0.15) is 12.0 Å². The Balaban J connectivity index is 1.93. The number of nitrogens with one attached hydrogen (secondary N) is 2. The number of para-hydroxylation sites is 1. The zero-order valence-corrected chi connectivity index (χ0v) is 19.8. The zero-order chi connectivity index (χ0) is 23.6. The Bertz CT molecular complexity index is 898. The second-order valence-corrected chi connectivity index (χ2v) is 8.58. The minimum atomic E-state index is -0.866. The van der Waals surface area contributed by atoms with Crippen LogP contribution in [0.2, 0.25) is 0 Å². The molecule has 1 fully saturated rings. The molecule has 1 aliphatic rings. The molecule has 1 heterocycles. The Labute approximate surface area is 198 Å². The van der Waals surface area contributed by atoms with Crippen LogP contribution in [-0.2, 0) is 9.47 Å². The third-order valence-electron chi connectivity index (χ3n) is 4.99. The van der Waals surface area contributed by atoms with Crippen LogP contribution in [0.3, 0.4) is 0 Å². The van der Waals surface area contributed by atoms with Crippen LogP contribution in [0.1, 0.15) is 43.5 Å². The molecule has 9 heteroatoms. The smallest absolute Gasteiger partial charge is 0.338 e. The molecule has 2 aromatic carbocycles. The average molecular weight is 477 g/mol. The lowest BCUT2D eigenvalue weighted by Gasteiger charge is -2.31. The molecule has 4 N–H and O–H groups in total. The number of aliphatic hydroxyl groups excluding tert-OH is 2. The van der Waals surface area contributed by atoms with E-state index in [1.54, 1.807) is 19.1 Å². The minimum absolute atomic E-state index is 0.134. The fourth-order valence-electron chi connectivity index (χ4n) is 3.28. The molecule has 0 saturated carbocycles. The maximum absolute atomic E-state index is 12.5. The van der Waals surface area contributed by atoms with Crippen molar-refractivity contribution in [2.24, 2.45) is 0 Å². The van der Waals surface area contributed by atoms with Crippen LogP contribution in [0, 0.1) is 0 Å². The highest BCUT2D eigenvalue weighted by Gasteiger charge is 2.29. The van der Waals surface area contributed by atoms with Crippen molar-refractivity contribution in [1.29, 1.82) is 0 Å². The summed E-state index contributed by atoms with van der Waals surface area (Å²) in [5.74, 6) is 0.772. The Morgan fingerprint density at radius 3 is 2.70 bits per heavy atom. The van der Waals surface area contributed by atoms with E-state index in [1.165, 1.54) is 11.9 Å². The van der Waals surface area contributed by atoms with Gasteiger partial charge < -0.3 is 29.7 Å². The number of hydrogen-bond donors (Lipinski definition) is 4. The number of hydrogen-bond acceptors (Lipinski definition) is 9. The predicted octanol–water partition coefficient (Wildman–Crippen LogP) is 3.93. The van der Waals surface area contributed by atoms with Gasteiger partial charge in [0, 0.05) is 13.0 Å². The number of unbranched alkanes of at least 4 members (excludes halogenated alkanes) is 1. The summed E-state index contributed by atoms with van der Waals surface area (Å²) in [6.45, 7) is 4.99. The Hall–Kier alpha value is -2.30. The van der Waals surface area contributed by atoms with E-state index in [9.17, 15) is 15.0 Å². The molecule has 1 saturated heterocycles. The highest BCUT2D eigenvalue weighted by atomic mass is 32.2. The van der Waals surface area contributed by atoms with E-state index in [0.717, 1.165) is 12.8 Å². The van der Waals surface area contributed by atoms with Gasteiger partial charge in [-0.25, -0.2) is 9.52 Å². The molecule has 3 unspecified atom stereocenters. The number of rotatable bonds is 11. The molecule has 0 spiro atoms. The van der Waals surface area contributed by atoms with Crippen molar-refractivity contribution in [3.8, 4) is 11.5 Å². The number of benzene rings is 2. The van der Waals surface area contributed by atoms with Crippen molar-refractivity contribution in [2.75, 3.05) is 25.1 Å². The summed E-state index contributed by atoms with van der Waals surface area (Å²) in [6, 6.07) is 12.8. The molecule has 33 heavy (non-hydrogen) atoms. The Morgan fingerprint density at radius 2 is 2.00 bits per heavy atom. The first-order valence-electron chi connectivity index (χ1n) is 11.2. The van der Waals surface area contributed by atoms with E-state index in [0.29, 0.717) is 34.2 Å². The number of anilines is 1. The Kier molecular flexibility index (Phi) is 9.83. The van der Waals surface area contributed by atoms with Crippen molar-refractivity contribution >= 4 is 23.6 Å². The Morgan fingerprint density at radius 1 is 1.21 bits per heavy atom. The summed E-state index contributed by atoms with van der Waals surface area (Å²) in [5, 5.41) is 23.3. The molecule has 180 valence electrons. The predicted molar refractivity (Wildman–Crippen MR) is 128 cm³/mol. The second kappa shape index (κ2) is 12.8. The quantitative estimate of drug-likeness (QED) is 0.218. The van der Waals surface area contributed by atoms with Crippen LogP contribution in [-0.4, -0.2) is 54.4 Å². The number of esters is 1. The standard InChI is InChI=1S/C24H32N2O6S/c1-3-5-11-25-19-12-16(24(29)30-4-2)13-21(22(19)32-18-9-7-6-8-10-18)33-26-23-20(28)14-17(27)15-31-23/h6-10,12-13,17,20,23,25-28H,3-5,11,14-15H2,1-2H3. The van der Waals surface area contributed by atoms with Gasteiger partial charge in [0.05, 0.1) is 41.6 Å². The number of ether oxygens (including phenoxy) is 3. The van der Waals surface area contributed by atoms with E-state index < -0.39 is 24.4 Å². The zero-order valence-electron chi connectivity index (χ0n) is 19.0. The number of carbonyl (C=O) groups is 1. The van der Waals surface area contributed by atoms with E-state index in [4.69, 9.17) is 14.2 Å². The highest BCUT2D eigenvalue weighted by Crippen LogP contribution is 2.40. The normalized spacial score (nSPS) is 20.3. The monoisotopic (exact) mass is 476 g/mol. The van der Waals surface area contributed by atoms with Gasteiger partial charge in [0.25, 0.3) is 0 Å². The van der Waals surface area contributed by atoms with E-state index in [1.807, 2.05) is 30.3 Å². The van der Waals surface area contributed by atoms with Gasteiger partial charge in [0.15, 0.2) is 5.75 Å². The van der Waals surface area contributed by atoms with Crippen molar-refractivity contribution in [2.45, 2.75) is 56.4 Å². The SMILES string of the molecule is CCCCNc1cc(C(=O)OCC)cc(SNC2OCC(O)CC2O)c1Oc1ccccc1. The summed E-state index contributed by atoms with van der Waals surface area (Å²) >= 11 is 1.19. The van der Waals surface area contributed by atoms with Crippen molar-refractivity contribution in [3.05, 3.63) is 48.0 Å². The van der Waals surface area contributed by atoms with E-state index >= 15 is 0 Å². The maximum atomic E-state index is 12.5. The lowest BCUT2D eigenvalue weighted by molar-refractivity contribution is -0.125. The van der Waals surface area contributed by atoms with Gasteiger partial charge in [-0.2, -0.15) is 0 Å². The van der Waals surface area contributed by atoms with Crippen LogP contribution in [0.15, 0.2) is 47.4 Å². The molecule has 0 radical (unpaired) electrons. The van der Waals surface area contributed by atoms with Crippen molar-refractivity contribution in [3.63, 3.8) is 0 Å². The van der Waals surface area contributed by atoms with Gasteiger partial charge in [-0.15, -0.1) is 0 Å². The van der Waals surface area contributed by atoms with Crippen LogP contribution in [0.25, 0.3) is 0 Å². The van der Waals surface area contributed by atoms with Crippen molar-refractivity contribution in [1.82, 2.24) is 4.72 Å². The molecular formula is C24H32N2O6S. The van der Waals surface area contributed by atoms with Crippen LogP contribution in [0.4, 0.5) is 5.69 Å². The first kappa shape index (κ1) is 25.3. The summed E-state index contributed by atoms with van der Waals surface area (Å²) in [5.41, 5.74) is 1.06. The van der Waals surface area contributed by atoms with Crippen LogP contribution in [0.5, 0.6) is 11.5 Å². The minimum Gasteiger partial charge on any atom is -0.462 e. The summed E-state index contributed by atoms with van der Waals surface area (Å²) in [4.78, 5) is 13.2. The molecule has 3 rings (SSSR count). The van der Waals surface area contributed by atoms with Gasteiger partial charge >= 0.3 is 5.97 Å². The topological polar surface area (TPSA) is 109 Å². The fraction of sp³-hybridized carbons (Fsp3) is 0.458. The fourth-order valence-corrected chi connectivity index (χ4v) is 4.18. The third kappa shape index (κ3) is 7.35. The third-order valence-corrected chi connectivity index (χ3v) is 5.86. The van der Waals surface area contributed by atoms with Crippen LogP contribution >= 0.6 is 11.9 Å². The largest absolute Gasteiger partial charge is 0.462 e. The summed E-state index contributed by atoms with van der Waals surface area (Å²) in [6.07, 6.45) is -0.0363. The van der Waals surface area contributed by atoms with Gasteiger partial charge in [-0.05, 0) is 49.6 Å². The molecule has 2 aromatic rings. The molecular weight excluding hydrogens is 444 g/mol. The first-order valence-corrected chi connectivity index (χ1v) is 12.1. The average Bonchev–Trinajstić information content (AvgIpc) is 2.81. The first-order chi connectivity index (χ1) is 16.0. The summed E-state index contributed by atoms with van der Waals surface area (Å²) in [7, 11) is 0. The molecule has 3 atom stereocenters.